The van der Waals surface area contributed by atoms with E-state index in [1.807, 2.05) is 49.4 Å². The van der Waals surface area contributed by atoms with Gasteiger partial charge in [-0.05, 0) is 31.2 Å². The van der Waals surface area contributed by atoms with Crippen LogP contribution >= 0.6 is 0 Å². The molecule has 2 heterocycles. The van der Waals surface area contributed by atoms with Crippen molar-refractivity contribution in [2.75, 3.05) is 6.61 Å². The third-order valence-corrected chi connectivity index (χ3v) is 2.86. The second-order valence-corrected chi connectivity index (χ2v) is 4.09. The second-order valence-electron chi connectivity index (χ2n) is 4.09. The van der Waals surface area contributed by atoms with Crippen LogP contribution in [0, 0.1) is 0 Å². The van der Waals surface area contributed by atoms with Gasteiger partial charge in [-0.15, -0.1) is 5.10 Å². The van der Waals surface area contributed by atoms with Gasteiger partial charge in [0.25, 0.3) is 0 Å². The van der Waals surface area contributed by atoms with Crippen molar-refractivity contribution in [3.05, 3.63) is 54.4 Å². The smallest absolute Gasteiger partial charge is 0.195 e. The molecule has 0 amide bonds. The number of hydrogen-bond donors (Lipinski definition) is 0. The molecule has 2 aromatic heterocycles. The number of aromatic nitrogens is 4. The third kappa shape index (κ3) is 2.20. The molecular formula is C14H14N4O. The second kappa shape index (κ2) is 5.16. The van der Waals surface area contributed by atoms with Crippen molar-refractivity contribution in [1.82, 2.24) is 20.0 Å². The number of benzene rings is 1. The maximum atomic E-state index is 5.78. The van der Waals surface area contributed by atoms with E-state index in [1.54, 1.807) is 10.9 Å². The van der Waals surface area contributed by atoms with Gasteiger partial charge >= 0.3 is 0 Å². The molecule has 3 rings (SSSR count). The van der Waals surface area contributed by atoms with Crippen LogP contribution in [0.1, 0.15) is 18.8 Å². The van der Waals surface area contributed by atoms with Crippen molar-refractivity contribution in [3.63, 3.8) is 0 Å². The lowest BCUT2D eigenvalue weighted by atomic mass is 10.3. The van der Waals surface area contributed by atoms with Gasteiger partial charge in [0, 0.05) is 12.8 Å². The minimum absolute atomic E-state index is 0.349. The lowest BCUT2D eigenvalue weighted by Gasteiger charge is -2.16. The molecule has 19 heavy (non-hydrogen) atoms. The minimum atomic E-state index is -0.349. The van der Waals surface area contributed by atoms with Crippen LogP contribution in [0.5, 0.6) is 0 Å². The number of fused-ring (bicyclic) bond motifs is 1. The summed E-state index contributed by atoms with van der Waals surface area (Å²) in [5, 5.41) is 8.34. The molecule has 0 aliphatic rings. The first kappa shape index (κ1) is 11.8. The average molecular weight is 254 g/mol. The van der Waals surface area contributed by atoms with Crippen LogP contribution in [-0.4, -0.2) is 26.6 Å². The number of pyridine rings is 1. The fraction of sp³-hybridized carbons (Fsp3) is 0.214. The Morgan fingerprint density at radius 3 is 2.79 bits per heavy atom. The van der Waals surface area contributed by atoms with E-state index in [0.29, 0.717) is 6.61 Å². The van der Waals surface area contributed by atoms with Gasteiger partial charge in [0.05, 0.1) is 11.2 Å². The number of hydrogen-bond acceptors (Lipinski definition) is 4. The third-order valence-electron chi connectivity index (χ3n) is 2.86. The van der Waals surface area contributed by atoms with Gasteiger partial charge in [0.1, 0.15) is 5.52 Å². The van der Waals surface area contributed by atoms with E-state index in [-0.39, 0.29) is 6.23 Å². The molecule has 5 nitrogen and oxygen atoms in total. The fourth-order valence-corrected chi connectivity index (χ4v) is 2.02. The molecule has 0 saturated heterocycles. The highest BCUT2D eigenvalue weighted by molar-refractivity contribution is 5.74. The maximum absolute atomic E-state index is 5.78. The summed E-state index contributed by atoms with van der Waals surface area (Å²) in [6, 6.07) is 13.6. The van der Waals surface area contributed by atoms with Crippen molar-refractivity contribution in [3.8, 4) is 0 Å². The zero-order valence-corrected chi connectivity index (χ0v) is 10.6. The van der Waals surface area contributed by atoms with Crippen LogP contribution in [0.15, 0.2) is 48.7 Å². The molecule has 0 aliphatic heterocycles. The molecule has 0 bridgehead atoms. The molecule has 1 atom stereocenters. The molecule has 5 heteroatoms. The highest BCUT2D eigenvalue weighted by atomic mass is 16.5. The monoisotopic (exact) mass is 254 g/mol. The largest absolute Gasteiger partial charge is 0.351 e. The van der Waals surface area contributed by atoms with Gasteiger partial charge in [0.15, 0.2) is 6.23 Å². The Balaban J connectivity index is 2.10. The normalized spacial score (nSPS) is 12.7. The van der Waals surface area contributed by atoms with Gasteiger partial charge in [-0.3, -0.25) is 4.98 Å². The highest BCUT2D eigenvalue weighted by Crippen LogP contribution is 2.21. The molecule has 96 valence electrons. The molecule has 0 N–H and O–H groups in total. The van der Waals surface area contributed by atoms with Crippen molar-refractivity contribution < 1.29 is 4.74 Å². The summed E-state index contributed by atoms with van der Waals surface area (Å²) in [7, 11) is 0. The van der Waals surface area contributed by atoms with E-state index in [4.69, 9.17) is 4.74 Å². The van der Waals surface area contributed by atoms with E-state index in [9.17, 15) is 0 Å². The van der Waals surface area contributed by atoms with Crippen molar-refractivity contribution in [2.45, 2.75) is 13.2 Å². The summed E-state index contributed by atoms with van der Waals surface area (Å²) in [5.41, 5.74) is 2.61. The van der Waals surface area contributed by atoms with Crippen LogP contribution in [0.4, 0.5) is 0 Å². The Hall–Kier alpha value is -2.27. The van der Waals surface area contributed by atoms with E-state index in [2.05, 4.69) is 15.3 Å². The topological polar surface area (TPSA) is 52.8 Å². The molecule has 1 aromatic carbocycles. The molecule has 0 fully saturated rings. The van der Waals surface area contributed by atoms with E-state index in [1.165, 1.54) is 0 Å². The van der Waals surface area contributed by atoms with Gasteiger partial charge in [0.2, 0.25) is 0 Å². The van der Waals surface area contributed by atoms with Gasteiger partial charge in [-0.1, -0.05) is 23.4 Å². The van der Waals surface area contributed by atoms with Crippen LogP contribution in [-0.2, 0) is 4.74 Å². The number of nitrogens with zero attached hydrogens (tertiary/aromatic N) is 4. The minimum Gasteiger partial charge on any atom is -0.351 e. The highest BCUT2D eigenvalue weighted by Gasteiger charge is 2.18. The number of para-hydroxylation sites is 1. The predicted molar refractivity (Wildman–Crippen MR) is 71.5 cm³/mol. The molecule has 3 aromatic rings. The Morgan fingerprint density at radius 2 is 2.00 bits per heavy atom. The molecule has 0 saturated carbocycles. The summed E-state index contributed by atoms with van der Waals surface area (Å²) in [4.78, 5) is 4.35. The van der Waals surface area contributed by atoms with Crippen LogP contribution in [0.2, 0.25) is 0 Å². The SMILES string of the molecule is CCO[C@@H](c1ccccn1)n1nnc2ccccc21. The van der Waals surface area contributed by atoms with E-state index >= 15 is 0 Å². The zero-order valence-electron chi connectivity index (χ0n) is 10.6. The van der Waals surface area contributed by atoms with Crippen molar-refractivity contribution in [2.24, 2.45) is 0 Å². The quantitative estimate of drug-likeness (QED) is 0.717. The van der Waals surface area contributed by atoms with Crippen molar-refractivity contribution in [1.29, 1.82) is 0 Å². The van der Waals surface area contributed by atoms with Gasteiger partial charge < -0.3 is 4.74 Å². The summed E-state index contributed by atoms with van der Waals surface area (Å²) in [5.74, 6) is 0. The molecular weight excluding hydrogens is 240 g/mol. The summed E-state index contributed by atoms with van der Waals surface area (Å²) in [6.07, 6.45) is 1.40. The fourth-order valence-electron chi connectivity index (χ4n) is 2.02. The molecule has 0 radical (unpaired) electrons. The van der Waals surface area contributed by atoms with Gasteiger partial charge in [-0.25, -0.2) is 4.68 Å². The maximum Gasteiger partial charge on any atom is 0.195 e. The van der Waals surface area contributed by atoms with Crippen LogP contribution in [0.3, 0.4) is 0 Å². The number of ether oxygens (including phenoxy) is 1. The van der Waals surface area contributed by atoms with E-state index < -0.39 is 0 Å². The number of rotatable bonds is 4. The van der Waals surface area contributed by atoms with Crippen molar-refractivity contribution >= 4 is 11.0 Å². The van der Waals surface area contributed by atoms with Gasteiger partial charge in [-0.2, -0.15) is 0 Å². The van der Waals surface area contributed by atoms with E-state index in [0.717, 1.165) is 16.7 Å². The first-order valence-electron chi connectivity index (χ1n) is 6.22. The molecule has 0 aliphatic carbocycles. The zero-order chi connectivity index (χ0) is 13.1. The van der Waals surface area contributed by atoms with Crippen LogP contribution in [0.25, 0.3) is 11.0 Å². The Labute approximate surface area is 110 Å². The lowest BCUT2D eigenvalue weighted by molar-refractivity contribution is 0.0311. The Morgan fingerprint density at radius 1 is 1.16 bits per heavy atom. The Kier molecular flexibility index (Phi) is 3.20. The predicted octanol–water partition coefficient (Wildman–Crippen LogP) is 2.41. The summed E-state index contributed by atoms with van der Waals surface area (Å²) in [6.45, 7) is 2.53. The first-order chi connectivity index (χ1) is 9.40. The average Bonchev–Trinajstić information content (AvgIpc) is 2.89. The first-order valence-corrected chi connectivity index (χ1v) is 6.22. The summed E-state index contributed by atoms with van der Waals surface area (Å²) < 4.78 is 7.54. The standard InChI is InChI=1S/C14H14N4O/c1-2-19-14(12-8-5-6-10-15-12)18-13-9-4-3-7-11(13)16-17-18/h3-10,14H,2H2,1H3/t14-/m0/s1. The lowest BCUT2D eigenvalue weighted by Crippen LogP contribution is -2.17. The molecule has 0 unspecified atom stereocenters. The Bertz CT molecular complexity index is 665. The van der Waals surface area contributed by atoms with Crippen LogP contribution < -0.4 is 0 Å². The summed E-state index contributed by atoms with van der Waals surface area (Å²) >= 11 is 0. The molecule has 0 spiro atoms.